The third-order valence-electron chi connectivity index (χ3n) is 3.93. The number of nitrogens with zero attached hydrogens (tertiary/aromatic N) is 2. The number of methoxy groups -OCH3 is 1. The molecule has 8 nitrogen and oxygen atoms in total. The molecule has 0 saturated heterocycles. The molecule has 3 rings (SSSR count). The van der Waals surface area contributed by atoms with Gasteiger partial charge in [0.25, 0.3) is 15.9 Å². The van der Waals surface area contributed by atoms with Crippen LogP contribution in [0.3, 0.4) is 0 Å². The van der Waals surface area contributed by atoms with E-state index in [1.54, 1.807) is 12.1 Å². The highest BCUT2D eigenvalue weighted by molar-refractivity contribution is 7.92. The number of benzene rings is 2. The molecule has 0 aliphatic heterocycles. The number of nitrogens with two attached hydrogens (primary N) is 1. The second-order valence-electron chi connectivity index (χ2n) is 6.01. The number of halogens is 3. The Labute approximate surface area is 196 Å². The molecule has 0 atom stereocenters. The van der Waals surface area contributed by atoms with Crippen LogP contribution in [-0.4, -0.2) is 32.0 Å². The van der Waals surface area contributed by atoms with Gasteiger partial charge in [-0.25, -0.2) is 13.4 Å². The number of sulfonamides is 1. The Morgan fingerprint density at radius 1 is 1.13 bits per heavy atom. The van der Waals surface area contributed by atoms with Gasteiger partial charge in [0.15, 0.2) is 0 Å². The molecule has 0 unspecified atom stereocenters. The Hall–Kier alpha value is -2.30. The molecule has 3 N–H and O–H groups in total. The van der Waals surface area contributed by atoms with Crippen LogP contribution in [0.25, 0.3) is 0 Å². The van der Waals surface area contributed by atoms with Crippen LogP contribution in [-0.2, 0) is 16.4 Å². The molecule has 3 aromatic rings. The van der Waals surface area contributed by atoms with Crippen LogP contribution in [0.5, 0.6) is 17.5 Å². The van der Waals surface area contributed by atoms with E-state index >= 15 is 0 Å². The van der Waals surface area contributed by atoms with Crippen LogP contribution in [0.4, 0.5) is 5.82 Å². The molecule has 31 heavy (non-hydrogen) atoms. The van der Waals surface area contributed by atoms with Crippen LogP contribution in [0.2, 0.25) is 10.0 Å². The van der Waals surface area contributed by atoms with Crippen molar-refractivity contribution in [3.8, 4) is 17.5 Å². The van der Waals surface area contributed by atoms with Gasteiger partial charge in [0.2, 0.25) is 11.7 Å². The first-order valence-corrected chi connectivity index (χ1v) is 10.9. The Balaban J connectivity index is 0.00000341. The van der Waals surface area contributed by atoms with E-state index in [1.807, 2.05) is 12.1 Å². The first kappa shape index (κ1) is 25.0. The summed E-state index contributed by atoms with van der Waals surface area (Å²) in [5, 5.41) is 0.00967. The summed E-state index contributed by atoms with van der Waals surface area (Å²) >= 11 is 11.9. The second-order valence-corrected chi connectivity index (χ2v) is 8.44. The molecule has 0 spiro atoms. The Morgan fingerprint density at radius 2 is 1.84 bits per heavy atom. The number of hydrogen-bond donors (Lipinski definition) is 2. The lowest BCUT2D eigenvalue weighted by Crippen LogP contribution is -2.15. The lowest BCUT2D eigenvalue weighted by atomic mass is 10.1. The molecule has 1 aromatic heterocycles. The summed E-state index contributed by atoms with van der Waals surface area (Å²) < 4.78 is 38.5. The first-order valence-electron chi connectivity index (χ1n) is 8.69. The van der Waals surface area contributed by atoms with Gasteiger partial charge in [0, 0.05) is 0 Å². The zero-order chi connectivity index (χ0) is 21.7. The van der Waals surface area contributed by atoms with Crippen molar-refractivity contribution in [3.63, 3.8) is 0 Å². The average molecular weight is 506 g/mol. The van der Waals surface area contributed by atoms with E-state index in [0.29, 0.717) is 12.3 Å². The van der Waals surface area contributed by atoms with Crippen molar-refractivity contribution in [2.24, 2.45) is 5.73 Å². The number of rotatable bonds is 8. The van der Waals surface area contributed by atoms with Crippen molar-refractivity contribution in [1.29, 1.82) is 0 Å². The fraction of sp³-hybridized carbons (Fsp3) is 0.158. The Morgan fingerprint density at radius 3 is 2.48 bits per heavy atom. The van der Waals surface area contributed by atoms with Gasteiger partial charge in [0.05, 0.1) is 23.4 Å². The minimum atomic E-state index is -4.08. The van der Waals surface area contributed by atoms with Crippen LogP contribution in [0, 0.1) is 0 Å². The molecule has 0 bridgehead atoms. The summed E-state index contributed by atoms with van der Waals surface area (Å²) in [5.74, 6) is 0.460. The van der Waals surface area contributed by atoms with Crippen LogP contribution in [0.1, 0.15) is 5.56 Å². The van der Waals surface area contributed by atoms with Gasteiger partial charge < -0.3 is 15.2 Å². The second kappa shape index (κ2) is 10.8. The summed E-state index contributed by atoms with van der Waals surface area (Å²) in [7, 11) is -2.75. The molecule has 0 fully saturated rings. The third kappa shape index (κ3) is 6.11. The minimum absolute atomic E-state index is 0. The van der Waals surface area contributed by atoms with Gasteiger partial charge in [-0.05, 0) is 42.8 Å². The number of anilines is 1. The van der Waals surface area contributed by atoms with Gasteiger partial charge in [-0.2, -0.15) is 4.98 Å². The number of hydrogen-bond acceptors (Lipinski definition) is 7. The molecule has 0 radical (unpaired) electrons. The summed E-state index contributed by atoms with van der Waals surface area (Å²) in [4.78, 5) is 8.01. The molecule has 12 heteroatoms. The summed E-state index contributed by atoms with van der Waals surface area (Å²) in [6.45, 7) is 0.556. The molecular formula is C19H19Cl3N4O4S. The van der Waals surface area contributed by atoms with Gasteiger partial charge in [0.1, 0.15) is 10.6 Å². The molecule has 0 amide bonds. The van der Waals surface area contributed by atoms with E-state index in [1.165, 1.54) is 31.5 Å². The first-order chi connectivity index (χ1) is 14.3. The van der Waals surface area contributed by atoms with Crippen molar-refractivity contribution < 1.29 is 17.9 Å². The lowest BCUT2D eigenvalue weighted by Gasteiger charge is -2.13. The van der Waals surface area contributed by atoms with Gasteiger partial charge >= 0.3 is 0 Å². The topological polar surface area (TPSA) is 116 Å². The van der Waals surface area contributed by atoms with Crippen molar-refractivity contribution in [3.05, 3.63) is 64.3 Å². The van der Waals surface area contributed by atoms with Gasteiger partial charge in [-0.1, -0.05) is 41.4 Å². The van der Waals surface area contributed by atoms with Crippen LogP contribution >= 0.6 is 35.6 Å². The third-order valence-corrected chi connectivity index (χ3v) is 6.24. The van der Waals surface area contributed by atoms with E-state index < -0.39 is 10.0 Å². The maximum atomic E-state index is 12.7. The standard InChI is InChI=1S/C19H18Cl2N4O4S.ClH/c1-28-19-18(25-30(26,27)15-4-2-3-14(20)17(15)21)23-11-16(24-19)29-13-7-5-12(6-8-13)9-10-22;/h2-8,11H,9-10,22H2,1H3,(H,23,25);1H. The number of ether oxygens (including phenoxy) is 2. The molecule has 0 aliphatic rings. The van der Waals surface area contributed by atoms with E-state index in [0.717, 1.165) is 12.0 Å². The quantitative estimate of drug-likeness (QED) is 0.468. The van der Waals surface area contributed by atoms with Gasteiger partial charge in [-0.3, -0.25) is 4.72 Å². The maximum Gasteiger partial charge on any atom is 0.264 e. The fourth-order valence-electron chi connectivity index (χ4n) is 2.50. The molecule has 1 heterocycles. The zero-order valence-electron chi connectivity index (χ0n) is 16.2. The summed E-state index contributed by atoms with van der Waals surface area (Å²) in [6, 6.07) is 11.6. The normalized spacial score (nSPS) is 10.8. The average Bonchev–Trinajstić information content (AvgIpc) is 2.72. The summed E-state index contributed by atoms with van der Waals surface area (Å²) in [6.07, 6.45) is 2.03. The van der Waals surface area contributed by atoms with Crippen molar-refractivity contribution in [2.45, 2.75) is 11.3 Å². The Kier molecular flexibility index (Phi) is 8.72. The highest BCUT2D eigenvalue weighted by Gasteiger charge is 2.23. The van der Waals surface area contributed by atoms with E-state index in [-0.39, 0.29) is 44.9 Å². The maximum absolute atomic E-state index is 12.7. The largest absolute Gasteiger partial charge is 0.478 e. The van der Waals surface area contributed by atoms with E-state index in [4.69, 9.17) is 38.4 Å². The van der Waals surface area contributed by atoms with Crippen molar-refractivity contribution in [2.75, 3.05) is 18.4 Å². The predicted octanol–water partition coefficient (Wildman–Crippen LogP) is 4.31. The predicted molar refractivity (Wildman–Crippen MR) is 122 cm³/mol. The van der Waals surface area contributed by atoms with Crippen molar-refractivity contribution in [1.82, 2.24) is 9.97 Å². The highest BCUT2D eigenvalue weighted by Crippen LogP contribution is 2.32. The fourth-order valence-corrected chi connectivity index (χ4v) is 4.27. The van der Waals surface area contributed by atoms with Crippen LogP contribution < -0.4 is 19.9 Å². The van der Waals surface area contributed by atoms with Crippen molar-refractivity contribution >= 4 is 51.5 Å². The van der Waals surface area contributed by atoms with Crippen LogP contribution in [0.15, 0.2) is 53.6 Å². The molecule has 166 valence electrons. The highest BCUT2D eigenvalue weighted by atomic mass is 35.5. The van der Waals surface area contributed by atoms with E-state index in [2.05, 4.69) is 14.7 Å². The summed E-state index contributed by atoms with van der Waals surface area (Å²) in [5.41, 5.74) is 6.62. The Bertz CT molecular complexity index is 1150. The van der Waals surface area contributed by atoms with E-state index in [9.17, 15) is 8.42 Å². The smallest absolute Gasteiger partial charge is 0.264 e. The number of aromatic nitrogens is 2. The molecule has 0 saturated carbocycles. The molecule has 0 aliphatic carbocycles. The number of nitrogens with one attached hydrogen (secondary N) is 1. The van der Waals surface area contributed by atoms with Gasteiger partial charge in [-0.15, -0.1) is 12.4 Å². The monoisotopic (exact) mass is 504 g/mol. The minimum Gasteiger partial charge on any atom is -0.478 e. The molecule has 2 aromatic carbocycles. The lowest BCUT2D eigenvalue weighted by molar-refractivity contribution is 0.382. The molecular weight excluding hydrogens is 487 g/mol. The SMILES string of the molecule is COc1nc(Oc2ccc(CCN)cc2)cnc1NS(=O)(=O)c1cccc(Cl)c1Cl.Cl. The zero-order valence-corrected chi connectivity index (χ0v) is 19.4.